The first-order chi connectivity index (χ1) is 8.71. The van der Waals surface area contributed by atoms with Crippen molar-refractivity contribution in [3.8, 4) is 18.1 Å². The van der Waals surface area contributed by atoms with Gasteiger partial charge < -0.3 is 15.2 Å². The van der Waals surface area contributed by atoms with E-state index in [2.05, 4.69) is 11.2 Å². The standard InChI is InChI=1S/C14H17NO3/c1-3-5-6-14(17)15-12-7-8-13(18-4-2)11(9-12)10-16/h1,7-9,16H,4-6,10H2,2H3,(H,15,17). The van der Waals surface area contributed by atoms with Crippen molar-refractivity contribution in [2.75, 3.05) is 11.9 Å². The molecule has 0 radical (unpaired) electrons. The predicted octanol–water partition coefficient (Wildman–Crippen LogP) is 1.93. The highest BCUT2D eigenvalue weighted by molar-refractivity contribution is 5.91. The summed E-state index contributed by atoms with van der Waals surface area (Å²) >= 11 is 0. The monoisotopic (exact) mass is 247 g/mol. The summed E-state index contributed by atoms with van der Waals surface area (Å²) in [6, 6.07) is 5.16. The van der Waals surface area contributed by atoms with Gasteiger partial charge in [-0.15, -0.1) is 12.3 Å². The second-order valence-electron chi connectivity index (χ2n) is 3.67. The van der Waals surface area contributed by atoms with Crippen LogP contribution < -0.4 is 10.1 Å². The van der Waals surface area contributed by atoms with Gasteiger partial charge in [-0.05, 0) is 25.1 Å². The molecule has 0 heterocycles. The van der Waals surface area contributed by atoms with Gasteiger partial charge >= 0.3 is 0 Å². The fraction of sp³-hybridized carbons (Fsp3) is 0.357. The quantitative estimate of drug-likeness (QED) is 0.755. The molecule has 2 N–H and O–H groups in total. The summed E-state index contributed by atoms with van der Waals surface area (Å²) in [5.74, 6) is 2.90. The topological polar surface area (TPSA) is 58.6 Å². The molecule has 0 aliphatic heterocycles. The maximum atomic E-state index is 11.5. The largest absolute Gasteiger partial charge is 0.494 e. The lowest BCUT2D eigenvalue weighted by Crippen LogP contribution is -2.11. The summed E-state index contributed by atoms with van der Waals surface area (Å²) in [6.07, 6.45) is 5.79. The fourth-order valence-corrected chi connectivity index (χ4v) is 1.49. The van der Waals surface area contributed by atoms with E-state index in [0.29, 0.717) is 30.0 Å². The molecule has 0 fully saturated rings. The zero-order chi connectivity index (χ0) is 13.4. The Balaban J connectivity index is 2.73. The van der Waals surface area contributed by atoms with Crippen LogP contribution in [0.1, 0.15) is 25.3 Å². The summed E-state index contributed by atoms with van der Waals surface area (Å²) in [6.45, 7) is 2.26. The van der Waals surface area contributed by atoms with Crippen LogP contribution in [0.15, 0.2) is 18.2 Å². The van der Waals surface area contributed by atoms with Gasteiger partial charge in [-0.3, -0.25) is 4.79 Å². The molecule has 0 saturated heterocycles. The first kappa shape index (κ1) is 14.1. The Kier molecular flexibility index (Phi) is 5.75. The number of hydrogen-bond donors (Lipinski definition) is 2. The highest BCUT2D eigenvalue weighted by Crippen LogP contribution is 2.23. The molecule has 4 heteroatoms. The summed E-state index contributed by atoms with van der Waals surface area (Å²) < 4.78 is 5.35. The molecule has 1 rings (SSSR count). The van der Waals surface area contributed by atoms with Crippen molar-refractivity contribution in [3.63, 3.8) is 0 Å². The molecule has 4 nitrogen and oxygen atoms in total. The van der Waals surface area contributed by atoms with Crippen molar-refractivity contribution in [1.29, 1.82) is 0 Å². The SMILES string of the molecule is C#CCCC(=O)Nc1ccc(OCC)c(CO)c1. The molecule has 0 bridgehead atoms. The van der Waals surface area contributed by atoms with Gasteiger partial charge in [-0.2, -0.15) is 0 Å². The van der Waals surface area contributed by atoms with Crippen LogP contribution >= 0.6 is 0 Å². The summed E-state index contributed by atoms with van der Waals surface area (Å²) in [4.78, 5) is 11.5. The summed E-state index contributed by atoms with van der Waals surface area (Å²) in [5.41, 5.74) is 1.27. The van der Waals surface area contributed by atoms with E-state index in [1.54, 1.807) is 18.2 Å². The number of aliphatic hydroxyl groups excluding tert-OH is 1. The highest BCUT2D eigenvalue weighted by atomic mass is 16.5. The van der Waals surface area contributed by atoms with E-state index in [1.165, 1.54) is 0 Å². The smallest absolute Gasteiger partial charge is 0.225 e. The zero-order valence-corrected chi connectivity index (χ0v) is 10.4. The van der Waals surface area contributed by atoms with Crippen molar-refractivity contribution in [1.82, 2.24) is 0 Å². The van der Waals surface area contributed by atoms with E-state index < -0.39 is 0 Å². The van der Waals surface area contributed by atoms with Crippen LogP contribution in [0.3, 0.4) is 0 Å². The van der Waals surface area contributed by atoms with Gasteiger partial charge in [-0.25, -0.2) is 0 Å². The Morgan fingerprint density at radius 1 is 1.56 bits per heavy atom. The molecule has 0 saturated carbocycles. The van der Waals surface area contributed by atoms with Crippen molar-refractivity contribution in [2.45, 2.75) is 26.4 Å². The second kappa shape index (κ2) is 7.36. The molecule has 1 amide bonds. The minimum absolute atomic E-state index is 0.136. The number of nitrogens with one attached hydrogen (secondary N) is 1. The van der Waals surface area contributed by atoms with Gasteiger partial charge in [0.1, 0.15) is 5.75 Å². The molecule has 1 aromatic carbocycles. The number of hydrogen-bond acceptors (Lipinski definition) is 3. The molecule has 18 heavy (non-hydrogen) atoms. The molecule has 0 aliphatic rings. The lowest BCUT2D eigenvalue weighted by molar-refractivity contribution is -0.116. The Hall–Kier alpha value is -1.99. The summed E-state index contributed by atoms with van der Waals surface area (Å²) in [7, 11) is 0. The minimum atomic E-state index is -0.138. The number of ether oxygens (including phenoxy) is 1. The lowest BCUT2D eigenvalue weighted by atomic mass is 10.2. The average Bonchev–Trinajstić information content (AvgIpc) is 2.38. The number of rotatable bonds is 6. The molecule has 0 spiro atoms. The molecule has 0 unspecified atom stereocenters. The van der Waals surface area contributed by atoms with Crippen molar-refractivity contribution < 1.29 is 14.6 Å². The first-order valence-corrected chi connectivity index (χ1v) is 5.81. The number of anilines is 1. The van der Waals surface area contributed by atoms with Gasteiger partial charge in [0.2, 0.25) is 5.91 Å². The van der Waals surface area contributed by atoms with Crippen molar-refractivity contribution in [2.24, 2.45) is 0 Å². The number of amides is 1. The molecule has 0 aromatic heterocycles. The van der Waals surface area contributed by atoms with Gasteiger partial charge in [0.25, 0.3) is 0 Å². The van der Waals surface area contributed by atoms with Crippen molar-refractivity contribution in [3.05, 3.63) is 23.8 Å². The Morgan fingerprint density at radius 2 is 2.33 bits per heavy atom. The van der Waals surface area contributed by atoms with E-state index in [1.807, 2.05) is 6.92 Å². The first-order valence-electron chi connectivity index (χ1n) is 5.81. The third kappa shape index (κ3) is 4.11. The predicted molar refractivity (Wildman–Crippen MR) is 70.2 cm³/mol. The van der Waals surface area contributed by atoms with Gasteiger partial charge in [-0.1, -0.05) is 0 Å². The highest BCUT2D eigenvalue weighted by Gasteiger charge is 2.06. The molecule has 96 valence electrons. The van der Waals surface area contributed by atoms with E-state index in [-0.39, 0.29) is 18.9 Å². The fourth-order valence-electron chi connectivity index (χ4n) is 1.49. The third-order valence-electron chi connectivity index (χ3n) is 2.31. The Morgan fingerprint density at radius 3 is 2.94 bits per heavy atom. The summed E-state index contributed by atoms with van der Waals surface area (Å²) in [5, 5.41) is 11.9. The van der Waals surface area contributed by atoms with Crippen molar-refractivity contribution >= 4 is 11.6 Å². The van der Waals surface area contributed by atoms with Crippen LogP contribution in [-0.2, 0) is 11.4 Å². The molecule has 0 atom stereocenters. The molecule has 1 aromatic rings. The Bertz CT molecular complexity index is 449. The van der Waals surface area contributed by atoms with E-state index in [4.69, 9.17) is 11.2 Å². The lowest BCUT2D eigenvalue weighted by Gasteiger charge is -2.11. The second-order valence-corrected chi connectivity index (χ2v) is 3.67. The van der Waals surface area contributed by atoms with Gasteiger partial charge in [0, 0.05) is 24.1 Å². The van der Waals surface area contributed by atoms with Gasteiger partial charge in [0.05, 0.1) is 13.2 Å². The zero-order valence-electron chi connectivity index (χ0n) is 10.4. The van der Waals surface area contributed by atoms with Crippen LogP contribution in [-0.4, -0.2) is 17.6 Å². The maximum absolute atomic E-state index is 11.5. The Labute approximate surface area is 107 Å². The van der Waals surface area contributed by atoms with Crippen LogP contribution in [0.25, 0.3) is 0 Å². The van der Waals surface area contributed by atoms with Crippen LogP contribution in [0.4, 0.5) is 5.69 Å². The van der Waals surface area contributed by atoms with Crippen LogP contribution in [0, 0.1) is 12.3 Å². The van der Waals surface area contributed by atoms with Crippen LogP contribution in [0.5, 0.6) is 5.75 Å². The maximum Gasteiger partial charge on any atom is 0.225 e. The molecular weight excluding hydrogens is 230 g/mol. The number of terminal acetylenes is 1. The third-order valence-corrected chi connectivity index (χ3v) is 2.31. The van der Waals surface area contributed by atoms with Gasteiger partial charge in [0.15, 0.2) is 0 Å². The van der Waals surface area contributed by atoms with E-state index >= 15 is 0 Å². The van der Waals surface area contributed by atoms with E-state index in [9.17, 15) is 9.90 Å². The average molecular weight is 247 g/mol. The minimum Gasteiger partial charge on any atom is -0.494 e. The van der Waals surface area contributed by atoms with E-state index in [0.717, 1.165) is 0 Å². The number of carbonyl (C=O) groups is 1. The van der Waals surface area contributed by atoms with Crippen LogP contribution in [0.2, 0.25) is 0 Å². The number of aliphatic hydroxyl groups is 1. The normalized spacial score (nSPS) is 9.61. The number of carbonyl (C=O) groups excluding carboxylic acids is 1. The molecule has 0 aliphatic carbocycles. The number of benzene rings is 1. The molecular formula is C14H17NO3.